The van der Waals surface area contributed by atoms with E-state index in [2.05, 4.69) is 0 Å². The molecule has 1 fully saturated rings. The van der Waals surface area contributed by atoms with Crippen LogP contribution in [0, 0.1) is 6.92 Å². The fourth-order valence-electron chi connectivity index (χ4n) is 3.92. The van der Waals surface area contributed by atoms with E-state index in [1.807, 2.05) is 86.6 Å². The number of amides is 1. The summed E-state index contributed by atoms with van der Waals surface area (Å²) in [4.78, 5) is 34.9. The molecule has 1 amide bonds. The highest BCUT2D eigenvalue weighted by Gasteiger charge is 2.36. The molecule has 1 saturated heterocycles. The summed E-state index contributed by atoms with van der Waals surface area (Å²) >= 11 is 8.20. The van der Waals surface area contributed by atoms with E-state index in [1.54, 1.807) is 17.2 Å². The molecular weight excluding hydrogens is 495 g/mol. The van der Waals surface area contributed by atoms with Gasteiger partial charge in [0, 0.05) is 11.1 Å². The largest absolute Gasteiger partial charge is 0.286 e. The Morgan fingerprint density at radius 1 is 1.00 bits per heavy atom. The Morgan fingerprint density at radius 2 is 1.69 bits per heavy atom. The van der Waals surface area contributed by atoms with Crippen molar-refractivity contribution in [3.63, 3.8) is 0 Å². The Kier molecular flexibility index (Phi) is 6.60. The topological polar surface area (TPSA) is 54.7 Å². The molecule has 2 aromatic heterocycles. The second-order valence-electron chi connectivity index (χ2n) is 8.07. The van der Waals surface area contributed by atoms with Gasteiger partial charge in [-0.05, 0) is 49.2 Å². The summed E-state index contributed by atoms with van der Waals surface area (Å²) in [5, 5.41) is 0.553. The van der Waals surface area contributed by atoms with Gasteiger partial charge in [-0.15, -0.1) is 0 Å². The molecule has 0 spiro atoms. The van der Waals surface area contributed by atoms with E-state index >= 15 is 0 Å². The standard InChI is InChI=1S/C27H21N3O2S3/c1-17-10-9-15-29-23(17)28-24(34-20-13-7-4-8-14-20)21(25(29)31)16-22-26(32)30(27(33)35-22)18(2)19-11-5-3-6-12-19/h3-16,18H,1-2H3. The van der Waals surface area contributed by atoms with Crippen LogP contribution in [0.2, 0.25) is 0 Å². The molecule has 174 valence electrons. The minimum Gasteiger partial charge on any atom is -0.286 e. The Bertz CT molecular complexity index is 1530. The van der Waals surface area contributed by atoms with Crippen molar-refractivity contribution in [1.29, 1.82) is 0 Å². The fraction of sp³-hybridized carbons (Fsp3) is 0.111. The summed E-state index contributed by atoms with van der Waals surface area (Å²) in [7, 11) is 0. The third kappa shape index (κ3) is 4.57. The molecule has 1 atom stereocenters. The van der Waals surface area contributed by atoms with Crippen molar-refractivity contribution < 1.29 is 4.79 Å². The minimum atomic E-state index is -0.224. The number of aromatic nitrogens is 2. The van der Waals surface area contributed by atoms with Crippen LogP contribution in [0.15, 0.2) is 98.6 Å². The van der Waals surface area contributed by atoms with Gasteiger partial charge in [-0.25, -0.2) is 4.98 Å². The van der Waals surface area contributed by atoms with Crippen LogP contribution >= 0.6 is 35.7 Å². The first-order chi connectivity index (χ1) is 16.9. The molecule has 35 heavy (non-hydrogen) atoms. The fourth-order valence-corrected chi connectivity index (χ4v) is 6.22. The lowest BCUT2D eigenvalue weighted by Crippen LogP contribution is -2.31. The second kappa shape index (κ2) is 9.81. The predicted molar refractivity (Wildman–Crippen MR) is 147 cm³/mol. The summed E-state index contributed by atoms with van der Waals surface area (Å²) in [6.45, 7) is 3.88. The van der Waals surface area contributed by atoms with Gasteiger partial charge in [-0.1, -0.05) is 90.3 Å². The third-order valence-electron chi connectivity index (χ3n) is 5.78. The molecule has 0 saturated carbocycles. The number of hydrogen-bond acceptors (Lipinski definition) is 6. The van der Waals surface area contributed by atoms with Crippen LogP contribution in [0.5, 0.6) is 0 Å². The van der Waals surface area contributed by atoms with E-state index in [0.717, 1.165) is 16.0 Å². The molecule has 1 aliphatic rings. The first-order valence-electron chi connectivity index (χ1n) is 11.0. The Balaban J connectivity index is 1.61. The molecule has 0 N–H and O–H groups in total. The molecule has 2 aromatic carbocycles. The summed E-state index contributed by atoms with van der Waals surface area (Å²) in [6, 6.07) is 23.1. The van der Waals surface area contributed by atoms with E-state index in [1.165, 1.54) is 27.9 Å². The normalized spacial score (nSPS) is 15.8. The molecule has 8 heteroatoms. The van der Waals surface area contributed by atoms with Gasteiger partial charge in [0.15, 0.2) is 0 Å². The van der Waals surface area contributed by atoms with Crippen molar-refractivity contribution in [3.05, 3.63) is 111 Å². The maximum atomic E-state index is 13.6. The average Bonchev–Trinajstić information content (AvgIpc) is 3.15. The number of benzene rings is 2. The molecule has 0 bridgehead atoms. The van der Waals surface area contributed by atoms with Gasteiger partial charge in [0.25, 0.3) is 11.5 Å². The van der Waals surface area contributed by atoms with E-state index < -0.39 is 0 Å². The molecule has 0 aliphatic carbocycles. The van der Waals surface area contributed by atoms with Crippen LogP contribution in [0.25, 0.3) is 11.7 Å². The van der Waals surface area contributed by atoms with E-state index in [0.29, 0.717) is 25.5 Å². The number of nitrogens with zero attached hydrogens (tertiary/aromatic N) is 3. The lowest BCUT2D eigenvalue weighted by molar-refractivity contribution is -0.123. The van der Waals surface area contributed by atoms with Crippen molar-refractivity contribution >= 4 is 57.7 Å². The Labute approximate surface area is 216 Å². The smallest absolute Gasteiger partial charge is 0.266 e. The first kappa shape index (κ1) is 23.5. The molecule has 3 heterocycles. The van der Waals surface area contributed by atoms with Crippen molar-refractivity contribution in [2.75, 3.05) is 0 Å². The Hall–Kier alpha value is -3.20. The van der Waals surface area contributed by atoms with Gasteiger partial charge >= 0.3 is 0 Å². The number of thioether (sulfide) groups is 1. The van der Waals surface area contributed by atoms with Crippen LogP contribution < -0.4 is 5.56 Å². The third-order valence-corrected chi connectivity index (χ3v) is 8.12. The highest BCUT2D eigenvalue weighted by atomic mass is 32.2. The number of rotatable bonds is 5. The number of thiocarbonyl (C=S) groups is 1. The van der Waals surface area contributed by atoms with Gasteiger partial charge in [-0.3, -0.25) is 18.9 Å². The van der Waals surface area contributed by atoms with Crippen molar-refractivity contribution in [2.24, 2.45) is 0 Å². The highest BCUT2D eigenvalue weighted by molar-refractivity contribution is 8.26. The highest BCUT2D eigenvalue weighted by Crippen LogP contribution is 2.39. The van der Waals surface area contributed by atoms with Crippen LogP contribution in [0.1, 0.15) is 29.7 Å². The van der Waals surface area contributed by atoms with E-state index in [-0.39, 0.29) is 17.5 Å². The van der Waals surface area contributed by atoms with Crippen molar-refractivity contribution in [3.8, 4) is 0 Å². The predicted octanol–water partition coefficient (Wildman–Crippen LogP) is 6.12. The quantitative estimate of drug-likeness (QED) is 0.181. The van der Waals surface area contributed by atoms with E-state index in [4.69, 9.17) is 17.2 Å². The number of fused-ring (bicyclic) bond motifs is 1. The summed E-state index contributed by atoms with van der Waals surface area (Å²) in [5.41, 5.74) is 2.63. The minimum absolute atomic E-state index is 0.208. The summed E-state index contributed by atoms with van der Waals surface area (Å²) < 4.78 is 2.00. The summed E-state index contributed by atoms with van der Waals surface area (Å²) in [6.07, 6.45) is 3.35. The van der Waals surface area contributed by atoms with Crippen LogP contribution in [0.3, 0.4) is 0 Å². The number of hydrogen-bond donors (Lipinski definition) is 0. The molecule has 0 radical (unpaired) electrons. The van der Waals surface area contributed by atoms with Crippen molar-refractivity contribution in [2.45, 2.75) is 29.8 Å². The second-order valence-corrected chi connectivity index (χ2v) is 10.8. The SMILES string of the molecule is Cc1cccn2c(=O)c(C=C3SC(=S)N(C(C)c4ccccc4)C3=O)c(Sc3ccccc3)nc12. The molecule has 5 rings (SSSR count). The maximum absolute atomic E-state index is 13.6. The zero-order valence-electron chi connectivity index (χ0n) is 19.0. The molecule has 1 aliphatic heterocycles. The number of aryl methyl sites for hydroxylation is 1. The van der Waals surface area contributed by atoms with Gasteiger partial charge in [-0.2, -0.15) is 0 Å². The van der Waals surface area contributed by atoms with Gasteiger partial charge < -0.3 is 0 Å². The molecule has 1 unspecified atom stereocenters. The molecule has 5 nitrogen and oxygen atoms in total. The lowest BCUT2D eigenvalue weighted by Gasteiger charge is -2.23. The number of carbonyl (C=O) groups is 1. The van der Waals surface area contributed by atoms with Gasteiger partial charge in [0.05, 0.1) is 16.5 Å². The number of carbonyl (C=O) groups excluding carboxylic acids is 1. The van der Waals surface area contributed by atoms with Gasteiger partial charge in [0.1, 0.15) is 15.0 Å². The zero-order chi connectivity index (χ0) is 24.5. The molecular formula is C27H21N3O2S3. The van der Waals surface area contributed by atoms with Gasteiger partial charge in [0.2, 0.25) is 0 Å². The monoisotopic (exact) mass is 515 g/mol. The van der Waals surface area contributed by atoms with Crippen LogP contribution in [0.4, 0.5) is 0 Å². The number of pyridine rings is 1. The van der Waals surface area contributed by atoms with Crippen LogP contribution in [-0.4, -0.2) is 24.5 Å². The summed E-state index contributed by atoms with van der Waals surface area (Å²) in [5.74, 6) is -0.208. The Morgan fingerprint density at radius 3 is 2.40 bits per heavy atom. The average molecular weight is 516 g/mol. The zero-order valence-corrected chi connectivity index (χ0v) is 21.5. The van der Waals surface area contributed by atoms with E-state index in [9.17, 15) is 9.59 Å². The van der Waals surface area contributed by atoms with Crippen molar-refractivity contribution in [1.82, 2.24) is 14.3 Å². The lowest BCUT2D eigenvalue weighted by atomic mass is 10.1. The van der Waals surface area contributed by atoms with Crippen LogP contribution in [-0.2, 0) is 4.79 Å². The first-order valence-corrected chi connectivity index (χ1v) is 13.0. The maximum Gasteiger partial charge on any atom is 0.266 e. The molecule has 4 aromatic rings.